The molecule has 35 heavy (non-hydrogen) atoms. The summed E-state index contributed by atoms with van der Waals surface area (Å²) in [7, 11) is -3.95. The van der Waals surface area contributed by atoms with Crippen molar-refractivity contribution in [3.63, 3.8) is 0 Å². The van der Waals surface area contributed by atoms with Crippen molar-refractivity contribution in [2.45, 2.75) is 74.8 Å². The van der Waals surface area contributed by atoms with E-state index in [9.17, 15) is 23.3 Å². The number of rotatable bonds is 11. The molecular formula is C25H35N3O6S. The minimum absolute atomic E-state index is 0.0449. The Morgan fingerprint density at radius 3 is 2.31 bits per heavy atom. The van der Waals surface area contributed by atoms with Crippen LogP contribution in [0, 0.1) is 29.9 Å². The van der Waals surface area contributed by atoms with Gasteiger partial charge < -0.3 is 4.18 Å². The Morgan fingerprint density at radius 2 is 1.80 bits per heavy atom. The number of nitrogens with zero attached hydrogens (tertiary/aromatic N) is 3. The zero-order valence-corrected chi connectivity index (χ0v) is 22.6. The van der Waals surface area contributed by atoms with Gasteiger partial charge in [0.25, 0.3) is 5.69 Å². The molecule has 0 fully saturated rings. The smallest absolute Gasteiger partial charge is 0.310 e. The molecular weight excluding hydrogens is 470 g/mol. The molecule has 0 N–H and O–H groups in total. The average molecular weight is 506 g/mol. The molecule has 2 rings (SSSR count). The normalized spacial score (nSPS) is 11.6. The van der Waals surface area contributed by atoms with Gasteiger partial charge in [0.1, 0.15) is 5.56 Å². The zero-order valence-electron chi connectivity index (χ0n) is 21.8. The fourth-order valence-corrected chi connectivity index (χ4v) is 4.95. The number of aromatic nitrogens is 2. The van der Waals surface area contributed by atoms with E-state index >= 15 is 0 Å². The summed E-state index contributed by atoms with van der Waals surface area (Å²) >= 11 is 0. The van der Waals surface area contributed by atoms with Crippen LogP contribution in [0.5, 0.6) is 5.88 Å². The van der Waals surface area contributed by atoms with Crippen LogP contribution in [0.3, 0.4) is 0 Å². The van der Waals surface area contributed by atoms with Crippen molar-refractivity contribution < 1.29 is 22.3 Å². The second kappa shape index (κ2) is 11.2. The number of nitro benzene ring substituents is 1. The predicted octanol–water partition coefficient (Wildman–Crippen LogP) is 5.62. The molecule has 1 aromatic heterocycles. The van der Waals surface area contributed by atoms with Gasteiger partial charge in [-0.1, -0.05) is 32.8 Å². The molecule has 0 saturated carbocycles. The number of ketones is 1. The van der Waals surface area contributed by atoms with Gasteiger partial charge in [-0.3, -0.25) is 14.9 Å². The van der Waals surface area contributed by atoms with E-state index in [1.165, 1.54) is 16.8 Å². The first-order valence-corrected chi connectivity index (χ1v) is 13.3. The van der Waals surface area contributed by atoms with E-state index in [0.29, 0.717) is 41.8 Å². The van der Waals surface area contributed by atoms with Crippen molar-refractivity contribution in [1.29, 1.82) is 0 Å². The molecule has 0 amide bonds. The zero-order chi connectivity index (χ0) is 26.7. The maximum absolute atomic E-state index is 13.8. The first kappa shape index (κ1) is 28.2. The number of aryl methyl sites for hydroxylation is 1. The number of carbonyl (C=O) groups excluding carboxylic acids is 1. The lowest BCUT2D eigenvalue weighted by atomic mass is 9.90. The lowest BCUT2D eigenvalue weighted by molar-refractivity contribution is -0.385. The summed E-state index contributed by atoms with van der Waals surface area (Å²) in [6, 6.07) is 2.72. The van der Waals surface area contributed by atoms with Gasteiger partial charge in [0.05, 0.1) is 21.9 Å². The Morgan fingerprint density at radius 1 is 1.17 bits per heavy atom. The van der Waals surface area contributed by atoms with Crippen LogP contribution in [0.1, 0.15) is 87.1 Å². The van der Waals surface area contributed by atoms with E-state index in [0.717, 1.165) is 5.57 Å². The largest absolute Gasteiger partial charge is 0.361 e. The first-order chi connectivity index (χ1) is 16.2. The van der Waals surface area contributed by atoms with Crippen LogP contribution in [-0.4, -0.2) is 34.7 Å². The third-order valence-corrected chi connectivity index (χ3v) is 7.01. The van der Waals surface area contributed by atoms with Crippen LogP contribution in [0.4, 0.5) is 5.69 Å². The van der Waals surface area contributed by atoms with E-state index in [1.807, 2.05) is 34.6 Å². The number of allylic oxidation sites excluding steroid dienone is 2. The first-order valence-electron chi connectivity index (χ1n) is 11.7. The second-order valence-electron chi connectivity index (χ2n) is 9.38. The second-order valence-corrected chi connectivity index (χ2v) is 11.1. The van der Waals surface area contributed by atoms with E-state index in [2.05, 4.69) is 5.10 Å². The number of benzene rings is 1. The highest BCUT2D eigenvalue weighted by molar-refractivity contribution is 7.87. The number of carbonyl (C=O) groups is 1. The van der Waals surface area contributed by atoms with E-state index in [1.54, 1.807) is 20.8 Å². The highest BCUT2D eigenvalue weighted by Crippen LogP contribution is 2.35. The Kier molecular flexibility index (Phi) is 9.00. The monoisotopic (exact) mass is 505 g/mol. The minimum Gasteiger partial charge on any atom is -0.361 e. The van der Waals surface area contributed by atoms with E-state index < -0.39 is 20.8 Å². The quantitative estimate of drug-likeness (QED) is 0.168. The summed E-state index contributed by atoms with van der Waals surface area (Å²) in [5.41, 5.74) is 2.92. The molecule has 192 valence electrons. The summed E-state index contributed by atoms with van der Waals surface area (Å²) in [5, 5.41) is 16.1. The van der Waals surface area contributed by atoms with Gasteiger partial charge in [-0.25, -0.2) is 4.68 Å². The van der Waals surface area contributed by atoms with Crippen LogP contribution >= 0.6 is 0 Å². The highest BCUT2D eigenvalue weighted by atomic mass is 32.2. The molecule has 0 aliphatic rings. The third kappa shape index (κ3) is 6.36. The standard InChI is InChI=1S/C25H35N3O6S/c1-9-10-13-35(32,33)34-25-23(19(8)26-27(25)14-15(2)3)24(29)20-11-12-21(28(30)31)22(18(20)7)17(6)16(4)5/h11-12,15H,9-10,13-14H2,1-8H3. The van der Waals surface area contributed by atoms with Crippen molar-refractivity contribution in [2.24, 2.45) is 5.92 Å². The van der Waals surface area contributed by atoms with Crippen molar-refractivity contribution in [1.82, 2.24) is 9.78 Å². The molecule has 2 aromatic rings. The number of unbranched alkanes of at least 4 members (excludes halogenated alkanes) is 1. The van der Waals surface area contributed by atoms with Crippen molar-refractivity contribution in [3.05, 3.63) is 55.8 Å². The van der Waals surface area contributed by atoms with E-state index in [4.69, 9.17) is 4.18 Å². The topological polar surface area (TPSA) is 121 Å². The SMILES string of the molecule is CCCCS(=O)(=O)Oc1c(C(=O)c2ccc([N+](=O)[O-])c(C(C)=C(C)C)c2C)c(C)nn1CC(C)C. The van der Waals surface area contributed by atoms with Crippen LogP contribution in [0.2, 0.25) is 0 Å². The highest BCUT2D eigenvalue weighted by Gasteiger charge is 2.31. The third-order valence-electron chi connectivity index (χ3n) is 5.81. The van der Waals surface area contributed by atoms with Crippen LogP contribution in [-0.2, 0) is 16.7 Å². The van der Waals surface area contributed by atoms with Gasteiger partial charge in [-0.15, -0.1) is 0 Å². The van der Waals surface area contributed by atoms with Gasteiger partial charge >= 0.3 is 10.1 Å². The van der Waals surface area contributed by atoms with Gasteiger partial charge in [0.2, 0.25) is 11.7 Å². The summed E-state index contributed by atoms with van der Waals surface area (Å²) < 4.78 is 32.2. The van der Waals surface area contributed by atoms with Crippen molar-refractivity contribution in [2.75, 3.05) is 5.75 Å². The average Bonchev–Trinajstić information content (AvgIpc) is 3.03. The van der Waals surface area contributed by atoms with Gasteiger partial charge in [-0.2, -0.15) is 13.5 Å². The maximum atomic E-state index is 13.8. The fourth-order valence-electron chi connectivity index (χ4n) is 3.81. The summed E-state index contributed by atoms with van der Waals surface area (Å²) in [4.78, 5) is 25.1. The summed E-state index contributed by atoms with van der Waals surface area (Å²) in [6.45, 7) is 14.9. The predicted molar refractivity (Wildman–Crippen MR) is 136 cm³/mol. The van der Waals surface area contributed by atoms with Crippen molar-refractivity contribution in [3.8, 4) is 5.88 Å². The lowest BCUT2D eigenvalue weighted by Gasteiger charge is -2.15. The molecule has 1 heterocycles. The number of hydrogen-bond donors (Lipinski definition) is 0. The molecule has 9 nitrogen and oxygen atoms in total. The Labute approximate surface area is 207 Å². The number of nitro groups is 1. The lowest BCUT2D eigenvalue weighted by Crippen LogP contribution is -2.19. The summed E-state index contributed by atoms with van der Waals surface area (Å²) in [5.74, 6) is -0.668. The van der Waals surface area contributed by atoms with Crippen LogP contribution < -0.4 is 4.18 Å². The molecule has 0 saturated heterocycles. The Balaban J connectivity index is 2.76. The fraction of sp³-hybridized carbons (Fsp3) is 0.520. The van der Waals surface area contributed by atoms with Crippen molar-refractivity contribution >= 4 is 27.2 Å². The van der Waals surface area contributed by atoms with E-state index in [-0.39, 0.29) is 34.4 Å². The van der Waals surface area contributed by atoms with Crippen LogP contribution in [0.25, 0.3) is 5.57 Å². The Hall–Kier alpha value is -3.01. The molecule has 0 aliphatic carbocycles. The van der Waals surface area contributed by atoms with Gasteiger partial charge in [0.15, 0.2) is 0 Å². The minimum atomic E-state index is -3.95. The molecule has 10 heteroatoms. The summed E-state index contributed by atoms with van der Waals surface area (Å²) in [6.07, 6.45) is 1.10. The molecule has 1 aromatic carbocycles. The molecule has 0 spiro atoms. The van der Waals surface area contributed by atoms with Gasteiger partial charge in [-0.05, 0) is 64.2 Å². The molecule has 0 aliphatic heterocycles. The maximum Gasteiger partial charge on any atom is 0.310 e. The number of hydrogen-bond acceptors (Lipinski definition) is 7. The van der Waals surface area contributed by atoms with Gasteiger partial charge in [0, 0.05) is 18.2 Å². The molecule has 0 bridgehead atoms. The molecule has 0 unspecified atom stereocenters. The molecule has 0 atom stereocenters. The molecule has 0 radical (unpaired) electrons. The van der Waals surface area contributed by atoms with Crippen LogP contribution in [0.15, 0.2) is 17.7 Å². The Bertz CT molecular complexity index is 1270.